The third-order valence-corrected chi connectivity index (χ3v) is 5.53. The highest BCUT2D eigenvalue weighted by Crippen LogP contribution is 2.16. The van der Waals surface area contributed by atoms with Gasteiger partial charge in [0.05, 0.1) is 16.6 Å². The van der Waals surface area contributed by atoms with Gasteiger partial charge in [-0.25, -0.2) is 13.1 Å². The second-order valence-corrected chi connectivity index (χ2v) is 7.79. The second kappa shape index (κ2) is 7.73. The highest BCUT2D eigenvalue weighted by molar-refractivity contribution is 7.89. The first-order valence-corrected chi connectivity index (χ1v) is 9.84. The number of aryl methyl sites for hydroxylation is 1. The van der Waals surface area contributed by atoms with Crippen LogP contribution in [0.25, 0.3) is 5.69 Å². The molecule has 0 aliphatic heterocycles. The summed E-state index contributed by atoms with van der Waals surface area (Å²) in [5, 5.41) is 6.97. The fourth-order valence-corrected chi connectivity index (χ4v) is 3.78. The molecule has 1 amide bonds. The third kappa shape index (κ3) is 4.42. The molecule has 0 unspecified atom stereocenters. The Bertz CT molecular complexity index is 1050. The molecule has 0 saturated carbocycles. The van der Waals surface area contributed by atoms with Gasteiger partial charge in [0.2, 0.25) is 15.9 Å². The number of nitrogens with zero attached hydrogens (tertiary/aromatic N) is 2. The molecule has 0 saturated heterocycles. The van der Waals surface area contributed by atoms with Crippen molar-refractivity contribution in [1.82, 2.24) is 14.5 Å². The molecule has 1 heterocycles. The zero-order valence-corrected chi connectivity index (χ0v) is 15.8. The monoisotopic (exact) mass is 384 g/mol. The van der Waals surface area contributed by atoms with E-state index in [1.165, 1.54) is 19.1 Å². The lowest BCUT2D eigenvalue weighted by Gasteiger charge is -2.15. The quantitative estimate of drug-likeness (QED) is 0.683. The van der Waals surface area contributed by atoms with E-state index < -0.39 is 22.0 Å². The van der Waals surface area contributed by atoms with E-state index in [-0.39, 0.29) is 4.90 Å². The minimum absolute atomic E-state index is 0.112. The Balaban J connectivity index is 1.71. The van der Waals surface area contributed by atoms with E-state index in [0.29, 0.717) is 5.69 Å². The number of rotatable bonds is 6. The van der Waals surface area contributed by atoms with Crippen LogP contribution < -0.4 is 10.0 Å². The molecule has 140 valence electrons. The maximum atomic E-state index is 12.4. The SMILES string of the molecule is Cc1ccnn1-c1cccc(NC(=O)[C@H](C)NS(=O)(=O)c2ccccc2)c1. The number of carbonyl (C=O) groups excluding carboxylic acids is 1. The van der Waals surface area contributed by atoms with Gasteiger partial charge < -0.3 is 5.32 Å². The molecular weight excluding hydrogens is 364 g/mol. The van der Waals surface area contributed by atoms with E-state index in [9.17, 15) is 13.2 Å². The van der Waals surface area contributed by atoms with Gasteiger partial charge in [-0.15, -0.1) is 0 Å². The van der Waals surface area contributed by atoms with E-state index in [2.05, 4.69) is 15.1 Å². The standard InChI is InChI=1S/C19H20N4O3S/c1-14-11-12-20-23(14)17-8-6-7-16(13-17)21-19(24)15(2)22-27(25,26)18-9-4-3-5-10-18/h3-13,15,22H,1-2H3,(H,21,24)/t15-/m0/s1. The zero-order chi connectivity index (χ0) is 19.4. The average molecular weight is 384 g/mol. The van der Waals surface area contributed by atoms with E-state index in [1.807, 2.05) is 19.1 Å². The molecule has 1 atom stereocenters. The van der Waals surface area contributed by atoms with Gasteiger partial charge in [-0.1, -0.05) is 24.3 Å². The summed E-state index contributed by atoms with van der Waals surface area (Å²) in [6, 6.07) is 16.0. The highest BCUT2D eigenvalue weighted by Gasteiger charge is 2.22. The third-order valence-electron chi connectivity index (χ3n) is 3.97. The van der Waals surface area contributed by atoms with Crippen LogP contribution in [-0.2, 0) is 14.8 Å². The number of nitrogens with one attached hydrogen (secondary N) is 2. The summed E-state index contributed by atoms with van der Waals surface area (Å²) in [6.07, 6.45) is 1.70. The summed E-state index contributed by atoms with van der Waals surface area (Å²) in [6.45, 7) is 3.43. The number of hydrogen-bond donors (Lipinski definition) is 2. The fourth-order valence-electron chi connectivity index (χ4n) is 2.56. The second-order valence-electron chi connectivity index (χ2n) is 6.08. The molecule has 3 rings (SSSR count). The Morgan fingerprint density at radius 2 is 1.81 bits per heavy atom. The Kier molecular flexibility index (Phi) is 5.38. The number of aromatic nitrogens is 2. The number of carbonyl (C=O) groups is 1. The summed E-state index contributed by atoms with van der Waals surface area (Å²) in [5.41, 5.74) is 2.31. The molecule has 8 heteroatoms. The van der Waals surface area contributed by atoms with Crippen LogP contribution >= 0.6 is 0 Å². The molecule has 0 aliphatic carbocycles. The number of hydrogen-bond acceptors (Lipinski definition) is 4. The van der Waals surface area contributed by atoms with Gasteiger partial charge in [-0.05, 0) is 50.2 Å². The topological polar surface area (TPSA) is 93.1 Å². The number of sulfonamides is 1. The van der Waals surface area contributed by atoms with Crippen molar-refractivity contribution in [2.75, 3.05) is 5.32 Å². The zero-order valence-electron chi connectivity index (χ0n) is 15.0. The molecule has 3 aromatic rings. The first-order chi connectivity index (χ1) is 12.9. The summed E-state index contributed by atoms with van der Waals surface area (Å²) >= 11 is 0. The van der Waals surface area contributed by atoms with Crippen LogP contribution in [0.2, 0.25) is 0 Å². The van der Waals surface area contributed by atoms with Crippen LogP contribution in [0, 0.1) is 6.92 Å². The van der Waals surface area contributed by atoms with Crippen molar-refractivity contribution in [2.45, 2.75) is 24.8 Å². The van der Waals surface area contributed by atoms with Crippen LogP contribution in [-0.4, -0.2) is 30.1 Å². The molecule has 27 heavy (non-hydrogen) atoms. The van der Waals surface area contributed by atoms with Gasteiger partial charge in [0, 0.05) is 17.6 Å². The molecule has 0 aliphatic rings. The van der Waals surface area contributed by atoms with Crippen molar-refractivity contribution in [3.05, 3.63) is 72.6 Å². The minimum atomic E-state index is -3.77. The Morgan fingerprint density at radius 1 is 1.07 bits per heavy atom. The molecule has 2 aromatic carbocycles. The Hall–Kier alpha value is -2.97. The first-order valence-electron chi connectivity index (χ1n) is 8.36. The lowest BCUT2D eigenvalue weighted by atomic mass is 10.2. The van der Waals surface area contributed by atoms with E-state index >= 15 is 0 Å². The van der Waals surface area contributed by atoms with Gasteiger partial charge in [-0.3, -0.25) is 4.79 Å². The number of anilines is 1. The number of amides is 1. The summed E-state index contributed by atoms with van der Waals surface area (Å²) in [7, 11) is -3.77. The molecule has 0 spiro atoms. The summed E-state index contributed by atoms with van der Waals surface area (Å²) < 4.78 is 28.8. The van der Waals surface area contributed by atoms with Crippen molar-refractivity contribution < 1.29 is 13.2 Å². The lowest BCUT2D eigenvalue weighted by molar-refractivity contribution is -0.117. The maximum Gasteiger partial charge on any atom is 0.242 e. The predicted octanol–water partition coefficient (Wildman–Crippen LogP) is 2.49. The van der Waals surface area contributed by atoms with E-state index in [0.717, 1.165) is 11.4 Å². The molecule has 7 nitrogen and oxygen atoms in total. The van der Waals surface area contributed by atoms with E-state index in [4.69, 9.17) is 0 Å². The van der Waals surface area contributed by atoms with Crippen LogP contribution in [0.4, 0.5) is 5.69 Å². The van der Waals surface area contributed by atoms with Crippen molar-refractivity contribution in [3.8, 4) is 5.69 Å². The van der Waals surface area contributed by atoms with Gasteiger partial charge in [0.1, 0.15) is 0 Å². The maximum absolute atomic E-state index is 12.4. The predicted molar refractivity (Wildman–Crippen MR) is 103 cm³/mol. The molecule has 0 fully saturated rings. The van der Waals surface area contributed by atoms with Gasteiger partial charge >= 0.3 is 0 Å². The molecule has 2 N–H and O–H groups in total. The van der Waals surface area contributed by atoms with E-state index in [1.54, 1.807) is 47.3 Å². The largest absolute Gasteiger partial charge is 0.325 e. The van der Waals surface area contributed by atoms with Crippen LogP contribution in [0.15, 0.2) is 71.8 Å². The normalized spacial score (nSPS) is 12.5. The highest BCUT2D eigenvalue weighted by atomic mass is 32.2. The van der Waals surface area contributed by atoms with Crippen LogP contribution in [0.5, 0.6) is 0 Å². The Labute approximate surface area is 158 Å². The van der Waals surface area contributed by atoms with Crippen LogP contribution in [0.3, 0.4) is 0 Å². The first kappa shape index (κ1) is 18.8. The van der Waals surface area contributed by atoms with Gasteiger partial charge in [-0.2, -0.15) is 9.82 Å². The molecule has 0 bridgehead atoms. The van der Waals surface area contributed by atoms with Crippen LogP contribution in [0.1, 0.15) is 12.6 Å². The number of benzene rings is 2. The average Bonchev–Trinajstić information content (AvgIpc) is 3.08. The van der Waals surface area contributed by atoms with Crippen molar-refractivity contribution >= 4 is 21.6 Å². The van der Waals surface area contributed by atoms with Crippen molar-refractivity contribution in [3.63, 3.8) is 0 Å². The van der Waals surface area contributed by atoms with Crippen molar-refractivity contribution in [2.24, 2.45) is 0 Å². The molecular formula is C19H20N4O3S. The summed E-state index contributed by atoms with van der Waals surface area (Å²) in [5.74, 6) is -0.455. The summed E-state index contributed by atoms with van der Waals surface area (Å²) in [4.78, 5) is 12.5. The van der Waals surface area contributed by atoms with Gasteiger partial charge in [0.25, 0.3) is 0 Å². The molecule has 1 aromatic heterocycles. The fraction of sp³-hybridized carbons (Fsp3) is 0.158. The smallest absolute Gasteiger partial charge is 0.242 e. The Morgan fingerprint density at radius 3 is 2.48 bits per heavy atom. The molecule has 0 radical (unpaired) electrons. The minimum Gasteiger partial charge on any atom is -0.325 e. The van der Waals surface area contributed by atoms with Crippen molar-refractivity contribution in [1.29, 1.82) is 0 Å². The lowest BCUT2D eigenvalue weighted by Crippen LogP contribution is -2.41. The van der Waals surface area contributed by atoms with Gasteiger partial charge in [0.15, 0.2) is 0 Å².